The van der Waals surface area contributed by atoms with Crippen LogP contribution in [0, 0.1) is 5.92 Å². The van der Waals surface area contributed by atoms with E-state index in [-0.39, 0.29) is 18.1 Å². The number of aliphatic hydroxyl groups excluding tert-OH is 1. The molecule has 5 nitrogen and oxygen atoms in total. The molecule has 3 heterocycles. The SMILES string of the molecule is COc1ccc2c3c(n(C)c2c1)[C@@H](CO)NCC31CN(CC2CC2)C1. The fourth-order valence-corrected chi connectivity index (χ4v) is 5.06. The van der Waals surface area contributed by atoms with E-state index >= 15 is 0 Å². The van der Waals surface area contributed by atoms with Crippen molar-refractivity contribution in [3.63, 3.8) is 0 Å². The first kappa shape index (κ1) is 15.7. The van der Waals surface area contributed by atoms with E-state index < -0.39 is 0 Å². The largest absolute Gasteiger partial charge is 0.497 e. The lowest BCUT2D eigenvalue weighted by atomic mass is 9.69. The van der Waals surface area contributed by atoms with Crippen LogP contribution in [0.4, 0.5) is 0 Å². The second-order valence-electron chi connectivity index (χ2n) is 8.21. The number of aliphatic hydroxyl groups is 1. The molecule has 0 unspecified atom stereocenters. The summed E-state index contributed by atoms with van der Waals surface area (Å²) in [6.07, 6.45) is 2.82. The highest BCUT2D eigenvalue weighted by Gasteiger charge is 2.51. The van der Waals surface area contributed by atoms with E-state index in [1.54, 1.807) is 7.11 Å². The highest BCUT2D eigenvalue weighted by molar-refractivity contribution is 5.89. The number of aryl methyl sites for hydroxylation is 1. The van der Waals surface area contributed by atoms with Gasteiger partial charge in [-0.2, -0.15) is 0 Å². The third-order valence-corrected chi connectivity index (χ3v) is 6.45. The molecule has 1 saturated carbocycles. The first-order valence-corrected chi connectivity index (χ1v) is 9.38. The molecule has 2 fully saturated rings. The number of hydrogen-bond acceptors (Lipinski definition) is 4. The van der Waals surface area contributed by atoms with Crippen molar-refractivity contribution in [3.05, 3.63) is 29.5 Å². The van der Waals surface area contributed by atoms with Crippen LogP contribution in [-0.4, -0.2) is 54.5 Å². The van der Waals surface area contributed by atoms with Crippen molar-refractivity contribution in [1.29, 1.82) is 0 Å². The molecule has 1 aromatic carbocycles. The Morgan fingerprint density at radius 3 is 2.80 bits per heavy atom. The number of aromatic nitrogens is 1. The molecule has 1 spiro atoms. The lowest BCUT2D eigenvalue weighted by Gasteiger charge is -2.54. The minimum absolute atomic E-state index is 0.0153. The van der Waals surface area contributed by atoms with Gasteiger partial charge in [0, 0.05) is 55.8 Å². The third kappa shape index (κ3) is 2.26. The maximum absolute atomic E-state index is 9.92. The molecule has 0 bridgehead atoms. The molecular formula is C20H27N3O2. The quantitative estimate of drug-likeness (QED) is 0.890. The topological polar surface area (TPSA) is 49.7 Å². The lowest BCUT2D eigenvalue weighted by Crippen LogP contribution is -2.66. The van der Waals surface area contributed by atoms with Gasteiger partial charge in [-0.1, -0.05) is 0 Å². The van der Waals surface area contributed by atoms with E-state index in [2.05, 4.69) is 40.0 Å². The Kier molecular flexibility index (Phi) is 3.43. The van der Waals surface area contributed by atoms with Gasteiger partial charge in [-0.25, -0.2) is 0 Å². The first-order chi connectivity index (χ1) is 12.1. The fraction of sp³-hybridized carbons (Fsp3) is 0.600. The molecule has 2 aromatic rings. The summed E-state index contributed by atoms with van der Waals surface area (Å²) in [4.78, 5) is 2.62. The summed E-state index contributed by atoms with van der Waals surface area (Å²) in [7, 11) is 3.83. The highest BCUT2D eigenvalue weighted by Crippen LogP contribution is 2.47. The van der Waals surface area contributed by atoms with Gasteiger partial charge in [0.05, 0.1) is 25.3 Å². The Hall–Kier alpha value is -1.56. The van der Waals surface area contributed by atoms with Crippen LogP contribution in [0.15, 0.2) is 18.2 Å². The van der Waals surface area contributed by atoms with E-state index in [1.807, 2.05) is 0 Å². The number of hydrogen-bond donors (Lipinski definition) is 2. The maximum Gasteiger partial charge on any atom is 0.120 e. The van der Waals surface area contributed by atoms with Crippen LogP contribution in [0.5, 0.6) is 5.75 Å². The Labute approximate surface area is 148 Å². The average Bonchev–Trinajstić information content (AvgIpc) is 3.38. The van der Waals surface area contributed by atoms with Crippen molar-refractivity contribution < 1.29 is 9.84 Å². The van der Waals surface area contributed by atoms with E-state index in [1.165, 1.54) is 41.5 Å². The summed E-state index contributed by atoms with van der Waals surface area (Å²) in [6.45, 7) is 4.62. The Bertz CT molecular complexity index is 818. The van der Waals surface area contributed by atoms with Crippen LogP contribution in [-0.2, 0) is 12.5 Å². The number of nitrogens with one attached hydrogen (secondary N) is 1. The maximum atomic E-state index is 9.92. The first-order valence-electron chi connectivity index (χ1n) is 9.38. The minimum atomic E-state index is 0.0153. The number of likely N-dealkylation sites (tertiary alicyclic amines) is 1. The van der Waals surface area contributed by atoms with Gasteiger partial charge < -0.3 is 24.6 Å². The fourth-order valence-electron chi connectivity index (χ4n) is 5.06. The predicted molar refractivity (Wildman–Crippen MR) is 98.1 cm³/mol. The van der Waals surface area contributed by atoms with E-state index in [0.29, 0.717) is 0 Å². The molecule has 1 atom stereocenters. The molecule has 134 valence electrons. The summed E-state index contributed by atoms with van der Waals surface area (Å²) in [5.41, 5.74) is 4.09. The second kappa shape index (κ2) is 5.47. The van der Waals surface area contributed by atoms with Crippen LogP contribution in [0.2, 0.25) is 0 Å². The molecular weight excluding hydrogens is 314 g/mol. The molecule has 0 amide bonds. The molecule has 1 aliphatic carbocycles. The molecule has 3 aliphatic rings. The van der Waals surface area contributed by atoms with Gasteiger partial charge in [-0.15, -0.1) is 0 Å². The zero-order valence-electron chi connectivity index (χ0n) is 15.1. The van der Waals surface area contributed by atoms with E-state index in [4.69, 9.17) is 4.74 Å². The molecule has 0 radical (unpaired) electrons. The van der Waals surface area contributed by atoms with Crippen molar-refractivity contribution >= 4 is 10.9 Å². The second-order valence-corrected chi connectivity index (χ2v) is 8.21. The van der Waals surface area contributed by atoms with E-state index in [9.17, 15) is 5.11 Å². The number of benzene rings is 1. The number of methoxy groups -OCH3 is 1. The molecule has 1 saturated heterocycles. The van der Waals surface area contributed by atoms with Gasteiger partial charge in [0.1, 0.15) is 5.75 Å². The summed E-state index contributed by atoms with van der Waals surface area (Å²) < 4.78 is 7.69. The summed E-state index contributed by atoms with van der Waals surface area (Å²) in [5.74, 6) is 1.83. The van der Waals surface area contributed by atoms with Gasteiger partial charge in [0.15, 0.2) is 0 Å². The van der Waals surface area contributed by atoms with Gasteiger partial charge >= 0.3 is 0 Å². The monoisotopic (exact) mass is 341 g/mol. The Balaban J connectivity index is 1.61. The van der Waals surface area contributed by atoms with Gasteiger partial charge in [0.2, 0.25) is 0 Å². The Morgan fingerprint density at radius 1 is 1.32 bits per heavy atom. The number of nitrogens with zero attached hydrogens (tertiary/aromatic N) is 2. The van der Waals surface area contributed by atoms with E-state index in [0.717, 1.165) is 31.3 Å². The van der Waals surface area contributed by atoms with Gasteiger partial charge in [0.25, 0.3) is 0 Å². The predicted octanol–water partition coefficient (Wildman–Crippen LogP) is 1.79. The highest BCUT2D eigenvalue weighted by atomic mass is 16.5. The Morgan fingerprint density at radius 2 is 2.12 bits per heavy atom. The summed E-state index contributed by atoms with van der Waals surface area (Å²) in [5, 5.41) is 14.8. The smallest absolute Gasteiger partial charge is 0.120 e. The third-order valence-electron chi connectivity index (χ3n) is 6.45. The van der Waals surface area contributed by atoms with Gasteiger partial charge in [-0.3, -0.25) is 0 Å². The summed E-state index contributed by atoms with van der Waals surface area (Å²) in [6, 6.07) is 6.41. The molecule has 5 rings (SSSR count). The normalized spacial score (nSPS) is 25.2. The van der Waals surface area contributed by atoms with Crippen LogP contribution in [0.25, 0.3) is 10.9 Å². The van der Waals surface area contributed by atoms with Crippen molar-refractivity contribution in [1.82, 2.24) is 14.8 Å². The van der Waals surface area contributed by atoms with Crippen LogP contribution in [0.1, 0.15) is 30.1 Å². The molecule has 2 aliphatic heterocycles. The van der Waals surface area contributed by atoms with Crippen LogP contribution >= 0.6 is 0 Å². The molecule has 2 N–H and O–H groups in total. The van der Waals surface area contributed by atoms with Crippen molar-refractivity contribution in [3.8, 4) is 5.75 Å². The van der Waals surface area contributed by atoms with Crippen molar-refractivity contribution in [2.45, 2.75) is 24.3 Å². The van der Waals surface area contributed by atoms with Crippen LogP contribution in [0.3, 0.4) is 0 Å². The standard InChI is InChI=1S/C20H27N3O2/c1-22-17-7-14(25-2)5-6-15(17)18-19(22)16(9-24)21-10-20(18)11-23(12-20)8-13-3-4-13/h5-7,13,16,21,24H,3-4,8-12H2,1-2H3/t16-/m1/s1. The molecule has 1 aromatic heterocycles. The molecule has 25 heavy (non-hydrogen) atoms. The number of rotatable bonds is 4. The molecule has 5 heteroatoms. The van der Waals surface area contributed by atoms with Crippen molar-refractivity contribution in [2.75, 3.05) is 39.9 Å². The number of ether oxygens (including phenoxy) is 1. The zero-order chi connectivity index (χ0) is 17.2. The minimum Gasteiger partial charge on any atom is -0.497 e. The van der Waals surface area contributed by atoms with Crippen LogP contribution < -0.4 is 10.1 Å². The van der Waals surface area contributed by atoms with Gasteiger partial charge in [-0.05, 0) is 36.5 Å². The summed E-state index contributed by atoms with van der Waals surface area (Å²) >= 11 is 0. The lowest BCUT2D eigenvalue weighted by molar-refractivity contribution is 0.0472. The average molecular weight is 341 g/mol. The zero-order valence-corrected chi connectivity index (χ0v) is 15.1. The number of fused-ring (bicyclic) bond motifs is 4. The van der Waals surface area contributed by atoms with Crippen molar-refractivity contribution in [2.24, 2.45) is 13.0 Å².